The fourth-order valence-corrected chi connectivity index (χ4v) is 2.04. The number of nitriles is 1. The number of rotatable bonds is 6. The molecule has 1 aromatic heterocycles. The first kappa shape index (κ1) is 16.4. The summed E-state index contributed by atoms with van der Waals surface area (Å²) >= 11 is 0. The van der Waals surface area contributed by atoms with Crippen molar-refractivity contribution in [1.29, 1.82) is 5.26 Å². The molecule has 0 saturated heterocycles. The molecule has 0 aliphatic heterocycles. The van der Waals surface area contributed by atoms with Gasteiger partial charge >= 0.3 is 0 Å². The van der Waals surface area contributed by atoms with Crippen molar-refractivity contribution in [1.82, 2.24) is 9.88 Å². The van der Waals surface area contributed by atoms with Crippen LogP contribution in [-0.4, -0.2) is 22.3 Å². The van der Waals surface area contributed by atoms with Gasteiger partial charge in [0.15, 0.2) is 0 Å². The van der Waals surface area contributed by atoms with Crippen molar-refractivity contribution in [3.05, 3.63) is 71.8 Å². The molecule has 0 fully saturated rings. The Morgan fingerprint density at radius 1 is 1.30 bits per heavy atom. The average molecular weight is 309 g/mol. The van der Waals surface area contributed by atoms with Gasteiger partial charge < -0.3 is 4.90 Å². The van der Waals surface area contributed by atoms with Crippen molar-refractivity contribution >= 4 is 12.0 Å². The van der Waals surface area contributed by atoms with E-state index < -0.39 is 0 Å². The third kappa shape index (κ3) is 5.04. The molecule has 23 heavy (non-hydrogen) atoms. The van der Waals surface area contributed by atoms with E-state index in [2.05, 4.69) is 4.98 Å². The molecule has 0 atom stereocenters. The zero-order chi connectivity index (χ0) is 16.5. The molecule has 0 bridgehead atoms. The Balaban J connectivity index is 2.10. The van der Waals surface area contributed by atoms with Gasteiger partial charge in [-0.2, -0.15) is 5.26 Å². The zero-order valence-corrected chi connectivity index (χ0v) is 12.5. The van der Waals surface area contributed by atoms with Gasteiger partial charge in [0.05, 0.1) is 12.5 Å². The van der Waals surface area contributed by atoms with E-state index in [1.54, 1.807) is 36.7 Å². The number of nitrogens with zero attached hydrogens (tertiary/aromatic N) is 3. The van der Waals surface area contributed by atoms with Crippen LogP contribution in [-0.2, 0) is 11.3 Å². The second-order valence-electron chi connectivity index (χ2n) is 4.88. The SMILES string of the molecule is N#CCCN(Cc1cccnc1)C(=O)/C=C/c1ccccc1F. The van der Waals surface area contributed by atoms with Crippen LogP contribution >= 0.6 is 0 Å². The third-order valence-electron chi connectivity index (χ3n) is 3.21. The van der Waals surface area contributed by atoms with Gasteiger partial charge in [-0.3, -0.25) is 9.78 Å². The van der Waals surface area contributed by atoms with Crippen molar-refractivity contribution in [3.63, 3.8) is 0 Å². The van der Waals surface area contributed by atoms with Crippen molar-refractivity contribution in [2.75, 3.05) is 6.54 Å². The van der Waals surface area contributed by atoms with E-state index in [9.17, 15) is 9.18 Å². The van der Waals surface area contributed by atoms with Crippen LogP contribution in [0.15, 0.2) is 54.9 Å². The predicted octanol–water partition coefficient (Wildman–Crippen LogP) is 3.18. The summed E-state index contributed by atoms with van der Waals surface area (Å²) in [6.07, 6.45) is 6.34. The Bertz CT molecular complexity index is 723. The summed E-state index contributed by atoms with van der Waals surface area (Å²) in [5, 5.41) is 8.74. The highest BCUT2D eigenvalue weighted by Gasteiger charge is 2.11. The number of aromatic nitrogens is 1. The monoisotopic (exact) mass is 309 g/mol. The summed E-state index contributed by atoms with van der Waals surface area (Å²) in [6, 6.07) is 11.9. The number of amides is 1. The molecule has 4 nitrogen and oxygen atoms in total. The van der Waals surface area contributed by atoms with E-state index in [-0.39, 0.29) is 18.1 Å². The largest absolute Gasteiger partial charge is 0.334 e. The van der Waals surface area contributed by atoms with Gasteiger partial charge in [0.1, 0.15) is 5.82 Å². The molecule has 1 aromatic carbocycles. The summed E-state index contributed by atoms with van der Waals surface area (Å²) in [4.78, 5) is 17.9. The summed E-state index contributed by atoms with van der Waals surface area (Å²) in [7, 11) is 0. The lowest BCUT2D eigenvalue weighted by Crippen LogP contribution is -2.29. The standard InChI is InChI=1S/C18H16FN3O/c19-17-7-2-1-6-16(17)8-9-18(23)22(12-4-10-20)14-15-5-3-11-21-13-15/h1-3,5-9,11,13H,4,12,14H2/b9-8+. The lowest BCUT2D eigenvalue weighted by molar-refractivity contribution is -0.126. The number of hydrogen-bond acceptors (Lipinski definition) is 3. The van der Waals surface area contributed by atoms with Crippen LogP contribution in [0.3, 0.4) is 0 Å². The first-order valence-corrected chi connectivity index (χ1v) is 7.18. The lowest BCUT2D eigenvalue weighted by atomic mass is 10.2. The molecule has 2 rings (SSSR count). The van der Waals surface area contributed by atoms with Crippen LogP contribution in [0, 0.1) is 17.1 Å². The highest BCUT2D eigenvalue weighted by Crippen LogP contribution is 2.10. The van der Waals surface area contributed by atoms with E-state index in [0.29, 0.717) is 18.7 Å². The van der Waals surface area contributed by atoms with Crippen molar-refractivity contribution in [3.8, 4) is 6.07 Å². The molecule has 0 unspecified atom stereocenters. The molecule has 1 heterocycles. The minimum absolute atomic E-state index is 0.236. The molecule has 0 aliphatic rings. The smallest absolute Gasteiger partial charge is 0.246 e. The molecule has 0 aliphatic carbocycles. The van der Waals surface area contributed by atoms with Crippen LogP contribution in [0.2, 0.25) is 0 Å². The van der Waals surface area contributed by atoms with Crippen LogP contribution < -0.4 is 0 Å². The summed E-state index contributed by atoms with van der Waals surface area (Å²) < 4.78 is 13.6. The first-order chi connectivity index (χ1) is 11.2. The fraction of sp³-hybridized carbons (Fsp3) is 0.167. The number of carbonyl (C=O) groups excluding carboxylic acids is 1. The second kappa shape index (κ2) is 8.44. The Kier molecular flexibility index (Phi) is 6.01. The fourth-order valence-electron chi connectivity index (χ4n) is 2.04. The van der Waals surface area contributed by atoms with Crippen molar-refractivity contribution in [2.24, 2.45) is 0 Å². The van der Waals surface area contributed by atoms with Gasteiger partial charge in [0.2, 0.25) is 5.91 Å². The number of pyridine rings is 1. The van der Waals surface area contributed by atoms with E-state index in [0.717, 1.165) is 5.56 Å². The number of halogens is 1. The Labute approximate surface area is 134 Å². The highest BCUT2D eigenvalue weighted by atomic mass is 19.1. The predicted molar refractivity (Wildman–Crippen MR) is 85.3 cm³/mol. The maximum absolute atomic E-state index is 13.6. The maximum Gasteiger partial charge on any atom is 0.246 e. The minimum Gasteiger partial charge on any atom is -0.334 e. The molecular formula is C18H16FN3O. The lowest BCUT2D eigenvalue weighted by Gasteiger charge is -2.19. The van der Waals surface area contributed by atoms with Gasteiger partial charge in [-0.1, -0.05) is 24.3 Å². The summed E-state index contributed by atoms with van der Waals surface area (Å²) in [5.41, 5.74) is 1.22. The topological polar surface area (TPSA) is 57.0 Å². The van der Waals surface area contributed by atoms with Gasteiger partial charge in [-0.25, -0.2) is 4.39 Å². The van der Waals surface area contributed by atoms with Crippen LogP contribution in [0.25, 0.3) is 6.08 Å². The highest BCUT2D eigenvalue weighted by molar-refractivity contribution is 5.91. The Hall–Kier alpha value is -3.00. The molecule has 2 aromatic rings. The molecule has 0 saturated carbocycles. The molecule has 116 valence electrons. The van der Waals surface area contributed by atoms with E-state index in [1.165, 1.54) is 23.1 Å². The molecule has 0 N–H and O–H groups in total. The normalized spacial score (nSPS) is 10.4. The summed E-state index contributed by atoms with van der Waals surface area (Å²) in [6.45, 7) is 0.668. The quantitative estimate of drug-likeness (QED) is 0.770. The Morgan fingerprint density at radius 2 is 2.13 bits per heavy atom. The molecule has 0 radical (unpaired) electrons. The van der Waals surface area contributed by atoms with Crippen LogP contribution in [0.1, 0.15) is 17.5 Å². The number of carbonyl (C=O) groups is 1. The van der Waals surface area contributed by atoms with E-state index >= 15 is 0 Å². The van der Waals surface area contributed by atoms with E-state index in [1.807, 2.05) is 12.1 Å². The Morgan fingerprint density at radius 3 is 2.83 bits per heavy atom. The molecule has 0 spiro atoms. The number of hydrogen-bond donors (Lipinski definition) is 0. The zero-order valence-electron chi connectivity index (χ0n) is 12.5. The van der Waals surface area contributed by atoms with Gasteiger partial charge in [-0.15, -0.1) is 0 Å². The van der Waals surface area contributed by atoms with E-state index in [4.69, 9.17) is 5.26 Å². The first-order valence-electron chi connectivity index (χ1n) is 7.18. The maximum atomic E-state index is 13.6. The molecule has 1 amide bonds. The van der Waals surface area contributed by atoms with Gasteiger partial charge in [0, 0.05) is 37.1 Å². The van der Waals surface area contributed by atoms with Crippen LogP contribution in [0.4, 0.5) is 4.39 Å². The van der Waals surface area contributed by atoms with Gasteiger partial charge in [0.25, 0.3) is 0 Å². The minimum atomic E-state index is -0.382. The second-order valence-corrected chi connectivity index (χ2v) is 4.88. The van der Waals surface area contributed by atoms with Crippen molar-refractivity contribution < 1.29 is 9.18 Å². The van der Waals surface area contributed by atoms with Crippen LogP contribution in [0.5, 0.6) is 0 Å². The molecular weight excluding hydrogens is 293 g/mol. The van der Waals surface area contributed by atoms with Crippen molar-refractivity contribution in [2.45, 2.75) is 13.0 Å². The average Bonchev–Trinajstić information content (AvgIpc) is 2.58. The number of benzene rings is 1. The molecule has 5 heteroatoms. The third-order valence-corrected chi connectivity index (χ3v) is 3.21. The van der Waals surface area contributed by atoms with Gasteiger partial charge in [-0.05, 0) is 23.8 Å². The summed E-state index contributed by atoms with van der Waals surface area (Å²) in [5.74, 6) is -0.653.